The second kappa shape index (κ2) is 5.50. The van der Waals surface area contributed by atoms with Gasteiger partial charge >= 0.3 is 0 Å². The van der Waals surface area contributed by atoms with Gasteiger partial charge in [-0.3, -0.25) is 0 Å². The van der Waals surface area contributed by atoms with Crippen LogP contribution in [0.4, 0.5) is 0 Å². The highest BCUT2D eigenvalue weighted by molar-refractivity contribution is 5.01. The molecule has 0 aromatic carbocycles. The van der Waals surface area contributed by atoms with E-state index in [1.807, 2.05) is 0 Å². The summed E-state index contributed by atoms with van der Waals surface area (Å²) in [6, 6.07) is 0.754. The molecular formula is C14H28N2. The lowest BCUT2D eigenvalue weighted by molar-refractivity contribution is 0.196. The van der Waals surface area contributed by atoms with Crippen LogP contribution in [0.25, 0.3) is 0 Å². The van der Waals surface area contributed by atoms with E-state index in [4.69, 9.17) is 5.73 Å². The molecule has 0 aromatic rings. The minimum Gasteiger partial charge on any atom is -0.329 e. The maximum absolute atomic E-state index is 6.09. The first kappa shape index (κ1) is 12.4. The Labute approximate surface area is 100 Å². The molecule has 2 rings (SSSR count). The van der Waals surface area contributed by atoms with Gasteiger partial charge in [0.2, 0.25) is 0 Å². The van der Waals surface area contributed by atoms with Gasteiger partial charge in [0.1, 0.15) is 0 Å². The maximum atomic E-state index is 6.09. The van der Waals surface area contributed by atoms with E-state index in [2.05, 4.69) is 12.2 Å². The smallest absolute Gasteiger partial charge is 0.0334 e. The third-order valence-corrected chi connectivity index (χ3v) is 4.91. The SMILES string of the molecule is CCC1CCCC1(CN)NC1CCCCC1. The molecule has 2 atom stereocenters. The van der Waals surface area contributed by atoms with Crippen LogP contribution in [0, 0.1) is 5.92 Å². The Balaban J connectivity index is 1.97. The standard InChI is InChI=1S/C14H28N2/c1-2-12-7-6-10-14(12,11-15)16-13-8-4-3-5-9-13/h12-13,16H,2-11,15H2,1H3. The molecule has 2 heteroatoms. The fraction of sp³-hybridized carbons (Fsp3) is 1.00. The average Bonchev–Trinajstić information content (AvgIpc) is 2.74. The summed E-state index contributed by atoms with van der Waals surface area (Å²) in [4.78, 5) is 0. The van der Waals surface area contributed by atoms with Crippen LogP contribution in [-0.4, -0.2) is 18.1 Å². The van der Waals surface area contributed by atoms with Crippen LogP contribution in [0.15, 0.2) is 0 Å². The summed E-state index contributed by atoms with van der Waals surface area (Å²) in [6.45, 7) is 3.16. The highest BCUT2D eigenvalue weighted by atomic mass is 15.0. The molecular weight excluding hydrogens is 196 g/mol. The highest BCUT2D eigenvalue weighted by Crippen LogP contribution is 2.38. The molecule has 2 aliphatic rings. The summed E-state index contributed by atoms with van der Waals surface area (Å²) in [5.74, 6) is 0.819. The van der Waals surface area contributed by atoms with Crippen molar-refractivity contribution < 1.29 is 0 Å². The Bertz CT molecular complexity index is 211. The van der Waals surface area contributed by atoms with Crippen molar-refractivity contribution in [2.24, 2.45) is 11.7 Å². The molecule has 0 aliphatic heterocycles. The van der Waals surface area contributed by atoms with Gasteiger partial charge in [-0.05, 0) is 31.6 Å². The van der Waals surface area contributed by atoms with Crippen molar-refractivity contribution in [3.05, 3.63) is 0 Å². The lowest BCUT2D eigenvalue weighted by atomic mass is 9.82. The van der Waals surface area contributed by atoms with E-state index in [1.54, 1.807) is 0 Å². The molecule has 0 aromatic heterocycles. The Morgan fingerprint density at radius 1 is 1.12 bits per heavy atom. The Morgan fingerprint density at radius 3 is 2.50 bits per heavy atom. The van der Waals surface area contributed by atoms with Crippen LogP contribution in [0.5, 0.6) is 0 Å². The monoisotopic (exact) mass is 224 g/mol. The molecule has 0 saturated heterocycles. The second-order valence-electron chi connectivity index (χ2n) is 5.84. The minimum atomic E-state index is 0.288. The van der Waals surface area contributed by atoms with E-state index >= 15 is 0 Å². The Hall–Kier alpha value is -0.0800. The van der Waals surface area contributed by atoms with Crippen LogP contribution in [-0.2, 0) is 0 Å². The van der Waals surface area contributed by atoms with Crippen LogP contribution in [0.1, 0.15) is 64.7 Å². The van der Waals surface area contributed by atoms with Crippen molar-refractivity contribution in [3.8, 4) is 0 Å². The fourth-order valence-electron chi connectivity index (χ4n) is 3.91. The zero-order chi connectivity index (χ0) is 11.4. The Kier molecular flexibility index (Phi) is 4.26. The first-order valence-corrected chi connectivity index (χ1v) is 7.28. The van der Waals surface area contributed by atoms with Gasteiger partial charge < -0.3 is 11.1 Å². The van der Waals surface area contributed by atoms with Gasteiger partial charge in [0, 0.05) is 18.1 Å². The van der Waals surface area contributed by atoms with Gasteiger partial charge in [-0.25, -0.2) is 0 Å². The predicted molar refractivity (Wildman–Crippen MR) is 69.4 cm³/mol. The molecule has 2 aliphatic carbocycles. The van der Waals surface area contributed by atoms with E-state index in [-0.39, 0.29) is 5.54 Å². The molecule has 2 fully saturated rings. The number of nitrogens with one attached hydrogen (secondary N) is 1. The number of rotatable bonds is 4. The Morgan fingerprint density at radius 2 is 1.88 bits per heavy atom. The van der Waals surface area contributed by atoms with Gasteiger partial charge in [0.15, 0.2) is 0 Å². The van der Waals surface area contributed by atoms with E-state index in [9.17, 15) is 0 Å². The second-order valence-corrected chi connectivity index (χ2v) is 5.84. The van der Waals surface area contributed by atoms with Gasteiger partial charge in [0.25, 0.3) is 0 Å². The van der Waals surface area contributed by atoms with Crippen LogP contribution in [0.2, 0.25) is 0 Å². The lowest BCUT2D eigenvalue weighted by Gasteiger charge is -2.40. The molecule has 0 heterocycles. The van der Waals surface area contributed by atoms with Crippen molar-refractivity contribution in [1.82, 2.24) is 5.32 Å². The first-order valence-electron chi connectivity index (χ1n) is 7.28. The fourth-order valence-corrected chi connectivity index (χ4v) is 3.91. The summed E-state index contributed by atoms with van der Waals surface area (Å²) in [5.41, 5.74) is 6.38. The summed E-state index contributed by atoms with van der Waals surface area (Å²) in [6.07, 6.45) is 12.4. The molecule has 2 saturated carbocycles. The quantitative estimate of drug-likeness (QED) is 0.770. The average molecular weight is 224 g/mol. The third kappa shape index (κ3) is 2.43. The van der Waals surface area contributed by atoms with E-state index in [1.165, 1.54) is 57.8 Å². The molecule has 2 unspecified atom stereocenters. The number of hydrogen-bond acceptors (Lipinski definition) is 2. The van der Waals surface area contributed by atoms with E-state index in [0.717, 1.165) is 18.5 Å². The largest absolute Gasteiger partial charge is 0.329 e. The number of nitrogens with two attached hydrogens (primary N) is 1. The van der Waals surface area contributed by atoms with Crippen LogP contribution in [0.3, 0.4) is 0 Å². The zero-order valence-corrected chi connectivity index (χ0v) is 10.8. The topological polar surface area (TPSA) is 38.0 Å². The molecule has 0 radical (unpaired) electrons. The predicted octanol–water partition coefficient (Wildman–Crippen LogP) is 2.82. The van der Waals surface area contributed by atoms with E-state index < -0.39 is 0 Å². The molecule has 0 bridgehead atoms. The van der Waals surface area contributed by atoms with Crippen molar-refractivity contribution in [1.29, 1.82) is 0 Å². The van der Waals surface area contributed by atoms with Gasteiger partial charge in [0.05, 0.1) is 0 Å². The molecule has 0 amide bonds. The van der Waals surface area contributed by atoms with Crippen molar-refractivity contribution in [2.45, 2.75) is 76.3 Å². The van der Waals surface area contributed by atoms with Crippen molar-refractivity contribution in [3.63, 3.8) is 0 Å². The van der Waals surface area contributed by atoms with Gasteiger partial charge in [-0.15, -0.1) is 0 Å². The first-order chi connectivity index (χ1) is 7.80. The summed E-state index contributed by atoms with van der Waals surface area (Å²) >= 11 is 0. The van der Waals surface area contributed by atoms with Crippen LogP contribution < -0.4 is 11.1 Å². The normalized spacial score (nSPS) is 36.8. The summed E-state index contributed by atoms with van der Waals surface area (Å²) in [7, 11) is 0. The summed E-state index contributed by atoms with van der Waals surface area (Å²) in [5, 5.41) is 3.96. The molecule has 0 spiro atoms. The van der Waals surface area contributed by atoms with Gasteiger partial charge in [-0.1, -0.05) is 39.0 Å². The van der Waals surface area contributed by atoms with Crippen molar-refractivity contribution in [2.75, 3.05) is 6.54 Å². The summed E-state index contributed by atoms with van der Waals surface area (Å²) < 4.78 is 0. The molecule has 16 heavy (non-hydrogen) atoms. The van der Waals surface area contributed by atoms with Crippen LogP contribution >= 0.6 is 0 Å². The maximum Gasteiger partial charge on any atom is 0.0334 e. The minimum absolute atomic E-state index is 0.288. The highest BCUT2D eigenvalue weighted by Gasteiger charge is 2.41. The lowest BCUT2D eigenvalue weighted by Crippen LogP contribution is -2.57. The van der Waals surface area contributed by atoms with E-state index in [0.29, 0.717) is 0 Å². The molecule has 2 nitrogen and oxygen atoms in total. The molecule has 94 valence electrons. The van der Waals surface area contributed by atoms with Gasteiger partial charge in [-0.2, -0.15) is 0 Å². The number of hydrogen-bond donors (Lipinski definition) is 2. The third-order valence-electron chi connectivity index (χ3n) is 4.91. The molecule has 3 N–H and O–H groups in total. The van der Waals surface area contributed by atoms with Crippen molar-refractivity contribution >= 4 is 0 Å². The zero-order valence-electron chi connectivity index (χ0n) is 10.8.